The predicted molar refractivity (Wildman–Crippen MR) is 106 cm³/mol. The number of guanidine groups is 1. The van der Waals surface area contributed by atoms with Crippen molar-refractivity contribution < 1.29 is 13.5 Å². The van der Waals surface area contributed by atoms with Crippen LogP contribution in [0.15, 0.2) is 17.1 Å². The van der Waals surface area contributed by atoms with Crippen molar-refractivity contribution in [2.24, 2.45) is 10.9 Å². The average Bonchev–Trinajstić information content (AvgIpc) is 2.61. The van der Waals surface area contributed by atoms with E-state index in [4.69, 9.17) is 23.2 Å². The number of aliphatic imine (C=N–C) groups is 1. The van der Waals surface area contributed by atoms with E-state index < -0.39 is 6.61 Å². The van der Waals surface area contributed by atoms with Crippen LogP contribution >= 0.6 is 23.2 Å². The SMILES string of the molecule is CCNC(=NCc1cc(Cl)cc(Cl)c1OC(F)F)NCC1CCN(C)CC1. The van der Waals surface area contributed by atoms with Crippen molar-refractivity contribution in [2.75, 3.05) is 33.2 Å². The Hall–Kier alpha value is -1.31. The Balaban J connectivity index is 2.05. The van der Waals surface area contributed by atoms with Gasteiger partial charge in [0.15, 0.2) is 5.96 Å². The largest absolute Gasteiger partial charge is 0.433 e. The molecule has 1 aromatic carbocycles. The molecule has 9 heteroatoms. The van der Waals surface area contributed by atoms with E-state index in [0.717, 1.165) is 32.5 Å². The molecule has 0 unspecified atom stereocenters. The lowest BCUT2D eigenvalue weighted by Crippen LogP contribution is -2.42. The van der Waals surface area contributed by atoms with Crippen LogP contribution in [-0.4, -0.2) is 50.7 Å². The molecule has 0 atom stereocenters. The van der Waals surface area contributed by atoms with E-state index in [0.29, 0.717) is 29.0 Å². The lowest BCUT2D eigenvalue weighted by Gasteiger charge is -2.29. The highest BCUT2D eigenvalue weighted by Crippen LogP contribution is 2.34. The molecule has 0 saturated carbocycles. The van der Waals surface area contributed by atoms with Gasteiger partial charge in [0.25, 0.3) is 0 Å². The maximum absolute atomic E-state index is 12.7. The number of halogens is 4. The fraction of sp³-hybridized carbons (Fsp3) is 0.611. The standard InChI is InChI=1S/C18H26Cl2F2N4O/c1-3-23-18(24-10-12-4-6-26(2)7-5-12)25-11-13-8-14(19)9-15(20)16(13)27-17(21)22/h8-9,12,17H,3-7,10-11H2,1-2H3,(H2,23,24,25). The van der Waals surface area contributed by atoms with Gasteiger partial charge in [-0.05, 0) is 58.0 Å². The molecule has 0 bridgehead atoms. The Labute approximate surface area is 169 Å². The minimum absolute atomic E-state index is 0.0392. The number of hydrogen-bond donors (Lipinski definition) is 2. The average molecular weight is 423 g/mol. The fourth-order valence-electron chi connectivity index (χ4n) is 2.97. The van der Waals surface area contributed by atoms with E-state index in [1.807, 2.05) is 6.92 Å². The number of hydrogen-bond acceptors (Lipinski definition) is 3. The first-order valence-electron chi connectivity index (χ1n) is 9.02. The highest BCUT2D eigenvalue weighted by molar-refractivity contribution is 6.35. The van der Waals surface area contributed by atoms with Gasteiger partial charge in [-0.2, -0.15) is 8.78 Å². The van der Waals surface area contributed by atoms with Crippen molar-refractivity contribution in [1.82, 2.24) is 15.5 Å². The van der Waals surface area contributed by atoms with Gasteiger partial charge in [-0.3, -0.25) is 0 Å². The third-order valence-corrected chi connectivity index (χ3v) is 4.94. The highest BCUT2D eigenvalue weighted by Gasteiger charge is 2.17. The zero-order chi connectivity index (χ0) is 19.8. The molecule has 0 spiro atoms. The normalized spacial score (nSPS) is 16.6. The number of likely N-dealkylation sites (tertiary alicyclic amines) is 1. The van der Waals surface area contributed by atoms with Crippen molar-refractivity contribution >= 4 is 29.2 Å². The van der Waals surface area contributed by atoms with E-state index in [2.05, 4.69) is 32.3 Å². The minimum atomic E-state index is -2.97. The summed E-state index contributed by atoms with van der Waals surface area (Å²) in [6.45, 7) is 2.80. The first-order valence-corrected chi connectivity index (χ1v) is 9.78. The molecule has 2 rings (SSSR count). The summed E-state index contributed by atoms with van der Waals surface area (Å²) in [6.07, 6.45) is 2.28. The molecular formula is C18H26Cl2F2N4O. The predicted octanol–water partition coefficient (Wildman–Crippen LogP) is 3.99. The van der Waals surface area contributed by atoms with Gasteiger partial charge in [0.2, 0.25) is 0 Å². The van der Waals surface area contributed by atoms with E-state index in [1.165, 1.54) is 12.1 Å². The second-order valence-electron chi connectivity index (χ2n) is 6.58. The molecule has 0 radical (unpaired) electrons. The van der Waals surface area contributed by atoms with Gasteiger partial charge in [-0.1, -0.05) is 23.2 Å². The third-order valence-electron chi connectivity index (χ3n) is 4.44. The molecule has 0 amide bonds. The molecule has 2 N–H and O–H groups in total. The van der Waals surface area contributed by atoms with Crippen molar-refractivity contribution in [3.05, 3.63) is 27.7 Å². The molecular weight excluding hydrogens is 397 g/mol. The van der Waals surface area contributed by atoms with E-state index in [9.17, 15) is 8.78 Å². The number of nitrogens with one attached hydrogen (secondary N) is 2. The van der Waals surface area contributed by atoms with Crippen LogP contribution in [0.1, 0.15) is 25.3 Å². The maximum atomic E-state index is 12.7. The summed E-state index contributed by atoms with van der Waals surface area (Å²) in [6, 6.07) is 2.91. The lowest BCUT2D eigenvalue weighted by molar-refractivity contribution is -0.0503. The highest BCUT2D eigenvalue weighted by atomic mass is 35.5. The molecule has 152 valence electrons. The maximum Gasteiger partial charge on any atom is 0.387 e. The van der Waals surface area contributed by atoms with Gasteiger partial charge in [0.05, 0.1) is 11.6 Å². The second-order valence-corrected chi connectivity index (χ2v) is 7.42. The minimum Gasteiger partial charge on any atom is -0.433 e. The monoisotopic (exact) mass is 422 g/mol. The number of rotatable bonds is 7. The van der Waals surface area contributed by atoms with Gasteiger partial charge in [0.1, 0.15) is 5.75 Å². The van der Waals surface area contributed by atoms with Gasteiger partial charge in [-0.15, -0.1) is 0 Å². The second kappa shape index (κ2) is 10.9. The zero-order valence-corrected chi connectivity index (χ0v) is 17.1. The van der Waals surface area contributed by atoms with Crippen LogP contribution in [0.3, 0.4) is 0 Å². The molecule has 1 saturated heterocycles. The molecule has 1 fully saturated rings. The summed E-state index contributed by atoms with van der Waals surface area (Å²) in [7, 11) is 2.13. The van der Waals surface area contributed by atoms with Gasteiger partial charge in [-0.25, -0.2) is 4.99 Å². The van der Waals surface area contributed by atoms with Crippen molar-refractivity contribution in [3.8, 4) is 5.75 Å². The zero-order valence-electron chi connectivity index (χ0n) is 15.6. The lowest BCUT2D eigenvalue weighted by atomic mass is 9.97. The molecule has 1 heterocycles. The summed E-state index contributed by atoms with van der Waals surface area (Å²) in [5.74, 6) is 1.12. The number of piperidine rings is 1. The van der Waals surface area contributed by atoms with Gasteiger partial charge in [0, 0.05) is 23.7 Å². The Morgan fingerprint density at radius 1 is 1.30 bits per heavy atom. The van der Waals surface area contributed by atoms with Gasteiger partial charge >= 0.3 is 6.61 Å². The van der Waals surface area contributed by atoms with Crippen LogP contribution in [0.2, 0.25) is 10.0 Å². The van der Waals surface area contributed by atoms with E-state index in [-0.39, 0.29) is 17.3 Å². The number of ether oxygens (including phenoxy) is 1. The van der Waals surface area contributed by atoms with E-state index >= 15 is 0 Å². The number of alkyl halides is 2. The Bertz CT molecular complexity index is 638. The van der Waals surface area contributed by atoms with Crippen molar-refractivity contribution in [3.63, 3.8) is 0 Å². The van der Waals surface area contributed by atoms with Crippen molar-refractivity contribution in [2.45, 2.75) is 32.9 Å². The molecule has 5 nitrogen and oxygen atoms in total. The van der Waals surface area contributed by atoms with Crippen LogP contribution in [0, 0.1) is 5.92 Å². The first-order chi connectivity index (χ1) is 12.9. The topological polar surface area (TPSA) is 48.9 Å². The number of benzene rings is 1. The van der Waals surface area contributed by atoms with Crippen LogP contribution < -0.4 is 15.4 Å². The smallest absolute Gasteiger partial charge is 0.387 e. The molecule has 1 aliphatic rings. The molecule has 1 aliphatic heterocycles. The Kier molecular flexibility index (Phi) is 8.86. The number of nitrogens with zero attached hydrogens (tertiary/aromatic N) is 2. The van der Waals surface area contributed by atoms with Crippen LogP contribution in [0.5, 0.6) is 5.75 Å². The third kappa shape index (κ3) is 7.31. The van der Waals surface area contributed by atoms with E-state index in [1.54, 1.807) is 0 Å². The van der Waals surface area contributed by atoms with Gasteiger partial charge < -0.3 is 20.3 Å². The quantitative estimate of drug-likeness (QED) is 0.515. The molecule has 1 aromatic rings. The summed E-state index contributed by atoms with van der Waals surface area (Å²) in [5.41, 5.74) is 0.407. The Morgan fingerprint density at radius 3 is 2.63 bits per heavy atom. The van der Waals surface area contributed by atoms with Crippen LogP contribution in [-0.2, 0) is 6.54 Å². The summed E-state index contributed by atoms with van der Waals surface area (Å²) in [5, 5.41) is 6.88. The summed E-state index contributed by atoms with van der Waals surface area (Å²) in [4.78, 5) is 6.80. The summed E-state index contributed by atoms with van der Waals surface area (Å²) >= 11 is 12.0. The van der Waals surface area contributed by atoms with Crippen LogP contribution in [0.25, 0.3) is 0 Å². The molecule has 0 aromatic heterocycles. The first kappa shape index (κ1) is 22.0. The molecule has 0 aliphatic carbocycles. The van der Waals surface area contributed by atoms with Crippen LogP contribution in [0.4, 0.5) is 8.78 Å². The summed E-state index contributed by atoms with van der Waals surface area (Å²) < 4.78 is 29.9. The fourth-order valence-corrected chi connectivity index (χ4v) is 3.55. The van der Waals surface area contributed by atoms with Crippen molar-refractivity contribution in [1.29, 1.82) is 0 Å². The molecule has 27 heavy (non-hydrogen) atoms. The Morgan fingerprint density at radius 2 is 2.00 bits per heavy atom.